The van der Waals surface area contributed by atoms with Crippen LogP contribution in [0.25, 0.3) is 0 Å². The first-order chi connectivity index (χ1) is 14.7. The summed E-state index contributed by atoms with van der Waals surface area (Å²) >= 11 is 0. The molecule has 0 aromatic heterocycles. The Kier molecular flexibility index (Phi) is 8.34. The van der Waals surface area contributed by atoms with Gasteiger partial charge in [0.15, 0.2) is 0 Å². The van der Waals surface area contributed by atoms with Gasteiger partial charge in [-0.3, -0.25) is 20.1 Å². The number of hydrogen-bond acceptors (Lipinski definition) is 9. The Morgan fingerprint density at radius 3 is 2.44 bits per heavy atom. The molecular formula is C19H35N5O7S. The van der Waals surface area contributed by atoms with Crippen LogP contribution in [-0.4, -0.2) is 104 Å². The zero-order valence-corrected chi connectivity index (χ0v) is 20.2. The monoisotopic (exact) mass is 477 g/mol. The number of carbonyl (C=O) groups excluding carboxylic acids is 2. The lowest BCUT2D eigenvalue weighted by molar-refractivity contribution is -0.00756. The number of amidine groups is 1. The molecule has 3 N–H and O–H groups in total. The minimum atomic E-state index is -3.74. The largest absolute Gasteiger partial charge is 0.444 e. The lowest BCUT2D eigenvalue weighted by Gasteiger charge is -2.41. The van der Waals surface area contributed by atoms with Crippen LogP contribution in [0.3, 0.4) is 0 Å². The molecule has 2 saturated heterocycles. The number of rotatable bonds is 8. The van der Waals surface area contributed by atoms with Gasteiger partial charge in [0.25, 0.3) is 10.1 Å². The minimum Gasteiger partial charge on any atom is -0.444 e. The van der Waals surface area contributed by atoms with Crippen molar-refractivity contribution in [2.75, 3.05) is 39.0 Å². The van der Waals surface area contributed by atoms with Crippen LogP contribution in [0.4, 0.5) is 9.59 Å². The fourth-order valence-corrected chi connectivity index (χ4v) is 4.16. The summed E-state index contributed by atoms with van der Waals surface area (Å²) in [7, 11) is -3.74. The zero-order valence-electron chi connectivity index (χ0n) is 19.4. The second-order valence-corrected chi connectivity index (χ2v) is 10.7. The Labute approximate surface area is 189 Å². The van der Waals surface area contributed by atoms with Gasteiger partial charge in [-0.05, 0) is 47.1 Å². The van der Waals surface area contributed by atoms with E-state index in [2.05, 4.69) is 4.90 Å². The van der Waals surface area contributed by atoms with Crippen molar-refractivity contribution in [2.24, 2.45) is 5.73 Å². The van der Waals surface area contributed by atoms with Gasteiger partial charge in [-0.1, -0.05) is 0 Å². The summed E-state index contributed by atoms with van der Waals surface area (Å²) in [5, 5.41) is 7.87. The van der Waals surface area contributed by atoms with E-state index in [1.165, 1.54) is 9.80 Å². The fraction of sp³-hybridized carbons (Fsp3) is 0.842. The minimum absolute atomic E-state index is 0.0916. The molecule has 32 heavy (non-hydrogen) atoms. The molecule has 0 saturated carbocycles. The Bertz CT molecular complexity index is 813. The molecule has 13 heteroatoms. The van der Waals surface area contributed by atoms with Crippen LogP contribution in [0, 0.1) is 5.41 Å². The molecule has 2 heterocycles. The first kappa shape index (κ1) is 26.1. The molecule has 0 aliphatic carbocycles. The van der Waals surface area contributed by atoms with Crippen molar-refractivity contribution in [1.82, 2.24) is 14.7 Å². The van der Waals surface area contributed by atoms with E-state index in [1.54, 1.807) is 27.7 Å². The molecule has 2 amide bonds. The van der Waals surface area contributed by atoms with Crippen LogP contribution < -0.4 is 5.73 Å². The molecular weight excluding hydrogens is 442 g/mol. The summed E-state index contributed by atoms with van der Waals surface area (Å²) in [6.45, 7) is 9.59. The molecule has 2 aliphatic heterocycles. The van der Waals surface area contributed by atoms with Crippen LogP contribution >= 0.6 is 0 Å². The third-order valence-corrected chi connectivity index (χ3v) is 5.72. The predicted molar refractivity (Wildman–Crippen MR) is 117 cm³/mol. The topological polar surface area (TPSA) is 156 Å². The molecule has 0 aromatic carbocycles. The van der Waals surface area contributed by atoms with Crippen LogP contribution in [0.15, 0.2) is 0 Å². The second kappa shape index (κ2) is 10.2. The van der Waals surface area contributed by atoms with Gasteiger partial charge in [-0.15, -0.1) is 0 Å². The van der Waals surface area contributed by atoms with Crippen molar-refractivity contribution < 1.29 is 31.7 Å². The highest BCUT2D eigenvalue weighted by Crippen LogP contribution is 2.22. The van der Waals surface area contributed by atoms with E-state index < -0.39 is 46.3 Å². The van der Waals surface area contributed by atoms with E-state index in [-0.39, 0.29) is 5.84 Å². The summed E-state index contributed by atoms with van der Waals surface area (Å²) in [6, 6.07) is -1.07. The zero-order chi connectivity index (χ0) is 24.3. The van der Waals surface area contributed by atoms with E-state index in [4.69, 9.17) is 24.8 Å². The Hall–Kier alpha value is -2.12. The molecule has 0 spiro atoms. The van der Waals surface area contributed by atoms with Crippen LogP contribution in [0.5, 0.6) is 0 Å². The van der Waals surface area contributed by atoms with Crippen LogP contribution in [-0.2, 0) is 23.8 Å². The molecule has 2 fully saturated rings. The van der Waals surface area contributed by atoms with Gasteiger partial charge in [-0.2, -0.15) is 8.42 Å². The van der Waals surface area contributed by atoms with Gasteiger partial charge < -0.3 is 15.2 Å². The normalized spacial score (nSPS) is 25.0. The van der Waals surface area contributed by atoms with Crippen molar-refractivity contribution in [3.8, 4) is 0 Å². The molecule has 0 bridgehead atoms. The number of nitrogens with one attached hydrogen (secondary N) is 1. The molecule has 0 radical (unpaired) electrons. The first-order valence-electron chi connectivity index (χ1n) is 10.6. The quantitative estimate of drug-likeness (QED) is 0.223. The highest BCUT2D eigenvalue weighted by Gasteiger charge is 2.41. The van der Waals surface area contributed by atoms with E-state index in [1.807, 2.05) is 0 Å². The summed E-state index contributed by atoms with van der Waals surface area (Å²) in [5.74, 6) is -0.0916. The number of nitrogens with two attached hydrogens (primary N) is 1. The average Bonchev–Trinajstić information content (AvgIpc) is 2.88. The van der Waals surface area contributed by atoms with Crippen molar-refractivity contribution in [2.45, 2.75) is 64.5 Å². The van der Waals surface area contributed by atoms with Gasteiger partial charge in [0, 0.05) is 26.2 Å². The number of ether oxygens (including phenoxy) is 2. The molecule has 2 aliphatic rings. The van der Waals surface area contributed by atoms with Gasteiger partial charge in [0.2, 0.25) is 6.29 Å². The number of amides is 2. The van der Waals surface area contributed by atoms with Crippen molar-refractivity contribution in [1.29, 1.82) is 5.41 Å². The number of nitrogens with zero attached hydrogens (tertiary/aromatic N) is 3. The van der Waals surface area contributed by atoms with E-state index in [9.17, 15) is 18.0 Å². The smallest absolute Gasteiger partial charge is 0.412 e. The predicted octanol–water partition coefficient (Wildman–Crippen LogP) is 0.767. The number of unbranched alkanes of at least 4 members (excludes halogenated alkanes) is 1. The SMILES string of the molecule is CC1C(OS(C)(=O)=O)OC(=O)N1CCCCN1CCN(C(=O)OC(C)(C)C)C(C(=N)N)C1. The van der Waals surface area contributed by atoms with Crippen molar-refractivity contribution in [3.05, 3.63) is 0 Å². The lowest BCUT2D eigenvalue weighted by Crippen LogP contribution is -2.60. The Morgan fingerprint density at radius 2 is 1.88 bits per heavy atom. The number of piperazine rings is 1. The van der Waals surface area contributed by atoms with Crippen molar-refractivity contribution in [3.63, 3.8) is 0 Å². The number of carbonyl (C=O) groups is 2. The summed E-state index contributed by atoms with van der Waals surface area (Å²) in [6.07, 6.45) is 0.105. The van der Waals surface area contributed by atoms with Crippen LogP contribution in [0.2, 0.25) is 0 Å². The molecule has 3 unspecified atom stereocenters. The highest BCUT2D eigenvalue weighted by molar-refractivity contribution is 7.86. The van der Waals surface area contributed by atoms with Gasteiger partial charge in [-0.25, -0.2) is 13.8 Å². The summed E-state index contributed by atoms with van der Waals surface area (Å²) < 4.78 is 37.8. The second-order valence-electron chi connectivity index (χ2n) is 9.14. The molecule has 184 valence electrons. The Morgan fingerprint density at radius 1 is 1.25 bits per heavy atom. The molecule has 0 aromatic rings. The summed E-state index contributed by atoms with van der Waals surface area (Å²) in [5.41, 5.74) is 5.11. The van der Waals surface area contributed by atoms with Gasteiger partial charge >= 0.3 is 12.2 Å². The average molecular weight is 478 g/mol. The van der Waals surface area contributed by atoms with Gasteiger partial charge in [0.05, 0.1) is 12.3 Å². The van der Waals surface area contributed by atoms with E-state index in [0.717, 1.165) is 12.7 Å². The fourth-order valence-electron chi connectivity index (χ4n) is 3.61. The number of hydrogen-bond donors (Lipinski definition) is 2. The standard InChI is InChI=1S/C19H35N5O7S/c1-13-16(31-32(5,27)28)29-17(25)23(13)9-7-6-8-22-10-11-24(14(12-22)15(20)21)18(26)30-19(2,3)4/h13-14,16H,6-12H2,1-5H3,(H3,20,21). The van der Waals surface area contributed by atoms with E-state index in [0.29, 0.717) is 39.1 Å². The van der Waals surface area contributed by atoms with E-state index >= 15 is 0 Å². The molecule has 2 rings (SSSR count). The maximum atomic E-state index is 12.5. The third-order valence-electron chi connectivity index (χ3n) is 5.18. The van der Waals surface area contributed by atoms with Crippen molar-refractivity contribution >= 4 is 28.1 Å². The maximum Gasteiger partial charge on any atom is 0.412 e. The maximum absolute atomic E-state index is 12.5. The van der Waals surface area contributed by atoms with Gasteiger partial charge in [0.1, 0.15) is 17.5 Å². The number of cyclic esters (lactones) is 1. The molecule has 12 nitrogen and oxygen atoms in total. The first-order valence-corrected chi connectivity index (χ1v) is 12.4. The summed E-state index contributed by atoms with van der Waals surface area (Å²) in [4.78, 5) is 29.5. The third kappa shape index (κ3) is 7.48. The van der Waals surface area contributed by atoms with Crippen LogP contribution in [0.1, 0.15) is 40.5 Å². The molecule has 3 atom stereocenters. The lowest BCUT2D eigenvalue weighted by atomic mass is 10.1. The highest BCUT2D eigenvalue weighted by atomic mass is 32.2. The Balaban J connectivity index is 1.81.